The van der Waals surface area contributed by atoms with E-state index < -0.39 is 5.82 Å². The van der Waals surface area contributed by atoms with Gasteiger partial charge < -0.3 is 4.74 Å². The molecular weight excluding hydrogens is 433 g/mol. The third-order valence-corrected chi connectivity index (χ3v) is 6.99. The van der Waals surface area contributed by atoms with E-state index in [1.165, 1.54) is 31.4 Å². The average molecular weight is 456 g/mol. The van der Waals surface area contributed by atoms with E-state index in [4.69, 9.17) is 16.3 Å². The maximum atomic E-state index is 14.2. The molecule has 166 valence electrons. The van der Waals surface area contributed by atoms with Crippen LogP contribution in [0.3, 0.4) is 0 Å². The van der Waals surface area contributed by atoms with Gasteiger partial charge in [-0.25, -0.2) is 14.4 Å². The molecule has 3 aromatic rings. The van der Waals surface area contributed by atoms with Crippen LogP contribution in [0.25, 0.3) is 11.0 Å². The molecule has 32 heavy (non-hydrogen) atoms. The van der Waals surface area contributed by atoms with Crippen molar-refractivity contribution >= 4 is 28.6 Å². The van der Waals surface area contributed by atoms with Gasteiger partial charge in [-0.15, -0.1) is 0 Å². The Balaban J connectivity index is 1.34. The number of halogens is 2. The Hall–Kier alpha value is -2.71. The van der Waals surface area contributed by atoms with Gasteiger partial charge >= 0.3 is 0 Å². The van der Waals surface area contributed by atoms with Crippen molar-refractivity contribution in [3.63, 3.8) is 0 Å². The largest absolute Gasteiger partial charge is 0.448 e. The van der Waals surface area contributed by atoms with Crippen LogP contribution in [-0.2, 0) is 0 Å². The van der Waals surface area contributed by atoms with Crippen molar-refractivity contribution in [2.24, 2.45) is 11.8 Å². The normalized spacial score (nSPS) is 22.9. The number of benzene rings is 1. The van der Waals surface area contributed by atoms with Crippen LogP contribution in [0.5, 0.6) is 11.5 Å². The Labute approximate surface area is 189 Å². The lowest BCUT2D eigenvalue weighted by molar-refractivity contribution is 0.369. The number of rotatable bonds is 5. The van der Waals surface area contributed by atoms with Crippen LogP contribution in [0, 0.1) is 17.7 Å². The predicted octanol–water partition coefficient (Wildman–Crippen LogP) is 4.77. The van der Waals surface area contributed by atoms with Gasteiger partial charge in [-0.3, -0.25) is 14.8 Å². The second-order valence-electron chi connectivity index (χ2n) is 9.03. The smallest absolute Gasteiger partial charge is 0.295 e. The quantitative estimate of drug-likeness (QED) is 0.597. The number of fused-ring (bicyclic) bond motifs is 2. The molecule has 1 saturated heterocycles. The Morgan fingerprint density at radius 1 is 1.09 bits per heavy atom. The van der Waals surface area contributed by atoms with Crippen LogP contribution in [0.1, 0.15) is 38.1 Å². The van der Waals surface area contributed by atoms with Crippen molar-refractivity contribution in [2.75, 3.05) is 18.5 Å². The van der Waals surface area contributed by atoms with Gasteiger partial charge in [-0.05, 0) is 61.8 Å². The zero-order valence-corrected chi connectivity index (χ0v) is 18.2. The van der Waals surface area contributed by atoms with E-state index in [1.807, 2.05) is 0 Å². The van der Waals surface area contributed by atoms with Crippen LogP contribution in [0.15, 0.2) is 35.3 Å². The van der Waals surface area contributed by atoms with Crippen LogP contribution in [0.4, 0.5) is 10.3 Å². The lowest BCUT2D eigenvalue weighted by Gasteiger charge is -2.19. The zero-order valence-electron chi connectivity index (χ0n) is 17.4. The summed E-state index contributed by atoms with van der Waals surface area (Å²) in [5, 5.41) is 3.12. The number of hydrogen-bond donors (Lipinski definition) is 1. The highest BCUT2D eigenvalue weighted by molar-refractivity contribution is 6.30. The summed E-state index contributed by atoms with van der Waals surface area (Å²) in [5.74, 6) is 1.36. The first-order valence-electron chi connectivity index (χ1n) is 11.1. The maximum absolute atomic E-state index is 14.2. The van der Waals surface area contributed by atoms with E-state index in [-0.39, 0.29) is 28.1 Å². The minimum atomic E-state index is -0.624. The Morgan fingerprint density at radius 2 is 1.88 bits per heavy atom. The van der Waals surface area contributed by atoms with Crippen molar-refractivity contribution in [1.82, 2.24) is 19.5 Å². The predicted molar refractivity (Wildman–Crippen MR) is 120 cm³/mol. The highest BCUT2D eigenvalue weighted by atomic mass is 35.5. The van der Waals surface area contributed by atoms with Crippen molar-refractivity contribution in [3.05, 3.63) is 51.7 Å². The van der Waals surface area contributed by atoms with Gasteiger partial charge in [-0.2, -0.15) is 4.98 Å². The van der Waals surface area contributed by atoms with Crippen LogP contribution in [-0.4, -0.2) is 32.6 Å². The molecule has 0 spiro atoms. The molecule has 1 aromatic carbocycles. The third kappa shape index (κ3) is 3.61. The summed E-state index contributed by atoms with van der Waals surface area (Å²) >= 11 is 5.82. The van der Waals surface area contributed by atoms with Crippen molar-refractivity contribution in [3.8, 4) is 11.5 Å². The number of hydrogen-bond acceptors (Lipinski definition) is 6. The fourth-order valence-corrected chi connectivity index (χ4v) is 5.20. The topological polar surface area (TPSA) is 72.3 Å². The fraction of sp³-hybridized carbons (Fsp3) is 0.435. The number of hydrazine groups is 1. The summed E-state index contributed by atoms with van der Waals surface area (Å²) in [7, 11) is 0. The summed E-state index contributed by atoms with van der Waals surface area (Å²) < 4.78 is 21.5. The highest BCUT2D eigenvalue weighted by Crippen LogP contribution is 2.38. The third-order valence-electron chi connectivity index (χ3n) is 6.75. The first-order chi connectivity index (χ1) is 15.5. The Morgan fingerprint density at radius 3 is 2.59 bits per heavy atom. The van der Waals surface area contributed by atoms with Crippen molar-refractivity contribution < 1.29 is 9.13 Å². The molecule has 0 bridgehead atoms. The Bertz CT molecular complexity index is 1250. The number of ether oxygens (including phenoxy) is 1. The lowest BCUT2D eigenvalue weighted by Crippen LogP contribution is -2.29. The van der Waals surface area contributed by atoms with Crippen LogP contribution < -0.4 is 15.7 Å². The summed E-state index contributed by atoms with van der Waals surface area (Å²) in [4.78, 5) is 22.4. The average Bonchev–Trinajstić information content (AvgIpc) is 3.38. The number of aromatic nitrogens is 3. The van der Waals surface area contributed by atoms with Crippen LogP contribution >= 0.6 is 11.6 Å². The summed E-state index contributed by atoms with van der Waals surface area (Å²) in [5.41, 5.74) is 3.58. The van der Waals surface area contributed by atoms with Crippen molar-refractivity contribution in [2.45, 2.75) is 38.1 Å². The molecule has 3 heterocycles. The Kier molecular flexibility index (Phi) is 4.80. The highest BCUT2D eigenvalue weighted by Gasteiger charge is 2.36. The van der Waals surface area contributed by atoms with Gasteiger partial charge in [0, 0.05) is 35.7 Å². The molecule has 0 amide bonds. The molecule has 3 fully saturated rings. The molecule has 3 aliphatic rings. The molecule has 2 unspecified atom stereocenters. The maximum Gasteiger partial charge on any atom is 0.295 e. The van der Waals surface area contributed by atoms with Gasteiger partial charge in [0.2, 0.25) is 5.95 Å². The second-order valence-corrected chi connectivity index (χ2v) is 9.47. The number of nitrogens with one attached hydrogen (secondary N) is 1. The minimum Gasteiger partial charge on any atom is -0.448 e. The summed E-state index contributed by atoms with van der Waals surface area (Å²) in [6, 6.07) is 5.74. The SMILES string of the molecule is O=c1c(Oc2ccc(Cl)cc2F)cc2cnc(NN3CC4CCCC4C3)nc2n1C1CC1. The van der Waals surface area contributed by atoms with Crippen LogP contribution in [0.2, 0.25) is 5.02 Å². The van der Waals surface area contributed by atoms with E-state index in [9.17, 15) is 9.18 Å². The van der Waals surface area contributed by atoms with Gasteiger partial charge in [0.05, 0.1) is 0 Å². The minimum absolute atomic E-state index is 0.0438. The van der Waals surface area contributed by atoms with E-state index in [0.717, 1.165) is 43.8 Å². The molecule has 2 atom stereocenters. The van der Waals surface area contributed by atoms with Gasteiger partial charge in [0.15, 0.2) is 17.3 Å². The van der Waals surface area contributed by atoms with Gasteiger partial charge in [-0.1, -0.05) is 18.0 Å². The lowest BCUT2D eigenvalue weighted by atomic mass is 10.0. The molecule has 0 radical (unpaired) electrons. The molecule has 1 aliphatic heterocycles. The van der Waals surface area contributed by atoms with E-state index in [0.29, 0.717) is 17.0 Å². The molecule has 2 saturated carbocycles. The summed E-state index contributed by atoms with van der Waals surface area (Å²) in [6.07, 6.45) is 7.39. The zero-order chi connectivity index (χ0) is 21.8. The standard InChI is InChI=1S/C23H23ClFN5O2/c24-16-4-7-19(18(25)9-16)32-20-8-15-10-26-23(27-21(15)30(22(20)31)17-5-6-17)28-29-11-13-2-1-3-14(13)12-29/h4,7-10,13-14,17H,1-3,5-6,11-12H2,(H,26,27,28). The molecule has 9 heteroatoms. The first kappa shape index (κ1) is 19.9. The fourth-order valence-electron chi connectivity index (χ4n) is 5.04. The first-order valence-corrected chi connectivity index (χ1v) is 11.5. The van der Waals surface area contributed by atoms with E-state index in [1.54, 1.807) is 16.8 Å². The number of nitrogens with zero attached hydrogens (tertiary/aromatic N) is 4. The van der Waals surface area contributed by atoms with E-state index in [2.05, 4.69) is 20.4 Å². The number of anilines is 1. The van der Waals surface area contributed by atoms with Gasteiger partial charge in [0.25, 0.3) is 5.56 Å². The van der Waals surface area contributed by atoms with Crippen molar-refractivity contribution in [1.29, 1.82) is 0 Å². The summed E-state index contributed by atoms with van der Waals surface area (Å²) in [6.45, 7) is 2.00. The molecule has 2 aliphatic carbocycles. The molecule has 6 rings (SSSR count). The molecule has 2 aromatic heterocycles. The molecule has 1 N–H and O–H groups in total. The second kappa shape index (κ2) is 7.71. The van der Waals surface area contributed by atoms with Gasteiger partial charge in [0.1, 0.15) is 5.65 Å². The van der Waals surface area contributed by atoms with E-state index >= 15 is 0 Å². The monoisotopic (exact) mass is 455 g/mol. The molecule has 7 nitrogen and oxygen atoms in total. The number of pyridine rings is 1. The molecular formula is C23H23ClFN5O2.